The summed E-state index contributed by atoms with van der Waals surface area (Å²) in [5.41, 5.74) is 1.19. The van der Waals surface area contributed by atoms with Crippen molar-refractivity contribution in [2.75, 3.05) is 33.9 Å². The van der Waals surface area contributed by atoms with E-state index in [9.17, 15) is 4.79 Å². The van der Waals surface area contributed by atoms with Crippen LogP contribution >= 0.6 is 12.4 Å². The molecule has 1 saturated heterocycles. The minimum atomic E-state index is 0. The lowest BCUT2D eigenvalue weighted by atomic mass is 9.84. The molecule has 26 heavy (non-hydrogen) atoms. The lowest BCUT2D eigenvalue weighted by molar-refractivity contribution is -0.122. The molecule has 1 aromatic carbocycles. The van der Waals surface area contributed by atoms with Crippen molar-refractivity contribution in [3.63, 3.8) is 0 Å². The smallest absolute Gasteiger partial charge is 0.220 e. The lowest BCUT2D eigenvalue weighted by Gasteiger charge is -2.27. The third kappa shape index (κ3) is 7.04. The second kappa shape index (κ2) is 12.0. The molecule has 0 radical (unpaired) electrons. The molecule has 1 atom stereocenters. The molecule has 0 spiro atoms. The molecule has 2 N–H and O–H groups in total. The van der Waals surface area contributed by atoms with Crippen molar-refractivity contribution in [2.45, 2.75) is 39.0 Å². The Hall–Kier alpha value is -1.46. The number of benzene rings is 1. The zero-order valence-electron chi connectivity index (χ0n) is 16.2. The van der Waals surface area contributed by atoms with Gasteiger partial charge >= 0.3 is 0 Å². The van der Waals surface area contributed by atoms with Gasteiger partial charge in [-0.25, -0.2) is 0 Å². The molecule has 0 aromatic heterocycles. The number of piperidine rings is 1. The molecule has 1 amide bonds. The van der Waals surface area contributed by atoms with Crippen LogP contribution in [0.25, 0.3) is 0 Å². The van der Waals surface area contributed by atoms with Gasteiger partial charge in [0.2, 0.25) is 5.91 Å². The summed E-state index contributed by atoms with van der Waals surface area (Å²) in [7, 11) is 3.28. The normalized spacial score (nSPS) is 15.7. The van der Waals surface area contributed by atoms with E-state index >= 15 is 0 Å². The number of hydrogen-bond acceptors (Lipinski definition) is 4. The average Bonchev–Trinajstić information content (AvgIpc) is 2.65. The van der Waals surface area contributed by atoms with Crippen LogP contribution in [-0.2, 0) is 11.2 Å². The molecule has 5 nitrogen and oxygen atoms in total. The maximum atomic E-state index is 12.1. The molecule has 1 unspecified atom stereocenters. The van der Waals surface area contributed by atoms with E-state index in [2.05, 4.69) is 17.6 Å². The van der Waals surface area contributed by atoms with E-state index in [0.29, 0.717) is 24.8 Å². The molecule has 1 heterocycles. The van der Waals surface area contributed by atoms with Gasteiger partial charge < -0.3 is 20.1 Å². The van der Waals surface area contributed by atoms with Crippen molar-refractivity contribution < 1.29 is 14.3 Å². The van der Waals surface area contributed by atoms with Gasteiger partial charge in [-0.15, -0.1) is 12.4 Å². The van der Waals surface area contributed by atoms with Crippen molar-refractivity contribution in [3.05, 3.63) is 23.8 Å². The Labute approximate surface area is 163 Å². The number of nitrogens with one attached hydrogen (secondary N) is 2. The van der Waals surface area contributed by atoms with Gasteiger partial charge in [-0.1, -0.05) is 13.0 Å². The van der Waals surface area contributed by atoms with Gasteiger partial charge in [0, 0.05) is 13.0 Å². The standard InChI is InChI=1S/C20H32N2O3.ClH/c1-15(17-8-11-21-12-9-17)13-20(23)22-10-4-5-16-6-7-18(24-2)19(14-16)25-3;/h6-7,14-15,17,21H,4-5,8-13H2,1-3H3,(H,22,23);1H. The van der Waals surface area contributed by atoms with Crippen LogP contribution in [0, 0.1) is 11.8 Å². The first kappa shape index (κ1) is 22.6. The second-order valence-electron chi connectivity index (χ2n) is 6.91. The zero-order chi connectivity index (χ0) is 18.1. The SMILES string of the molecule is COc1ccc(CCCNC(=O)CC(C)C2CCNCC2)cc1OC.Cl. The summed E-state index contributed by atoms with van der Waals surface area (Å²) in [6, 6.07) is 5.97. The largest absolute Gasteiger partial charge is 0.493 e. The molecule has 1 fully saturated rings. The van der Waals surface area contributed by atoms with Crippen molar-refractivity contribution in [2.24, 2.45) is 11.8 Å². The topological polar surface area (TPSA) is 59.6 Å². The van der Waals surface area contributed by atoms with Gasteiger partial charge in [-0.05, 0) is 68.3 Å². The molecule has 6 heteroatoms. The van der Waals surface area contributed by atoms with Crippen molar-refractivity contribution in [3.8, 4) is 11.5 Å². The first-order chi connectivity index (χ1) is 12.1. The lowest BCUT2D eigenvalue weighted by Crippen LogP contribution is -2.33. The minimum absolute atomic E-state index is 0. The summed E-state index contributed by atoms with van der Waals surface area (Å²) in [4.78, 5) is 12.1. The first-order valence-corrected chi connectivity index (χ1v) is 9.32. The Kier molecular flexibility index (Phi) is 10.4. The van der Waals surface area contributed by atoms with Gasteiger partial charge in [0.25, 0.3) is 0 Å². The van der Waals surface area contributed by atoms with Crippen LogP contribution in [0.5, 0.6) is 11.5 Å². The number of halogens is 1. The fourth-order valence-corrected chi connectivity index (χ4v) is 3.50. The summed E-state index contributed by atoms with van der Waals surface area (Å²) in [6.07, 6.45) is 4.84. The van der Waals surface area contributed by atoms with Crippen LogP contribution in [0.4, 0.5) is 0 Å². The number of carbonyl (C=O) groups is 1. The van der Waals surface area contributed by atoms with E-state index < -0.39 is 0 Å². The Morgan fingerprint density at radius 1 is 1.23 bits per heavy atom. The molecular formula is C20H33ClN2O3. The summed E-state index contributed by atoms with van der Waals surface area (Å²) >= 11 is 0. The number of amides is 1. The third-order valence-electron chi connectivity index (χ3n) is 5.11. The highest BCUT2D eigenvalue weighted by Crippen LogP contribution is 2.28. The maximum Gasteiger partial charge on any atom is 0.220 e. The van der Waals surface area contributed by atoms with Gasteiger partial charge in [-0.2, -0.15) is 0 Å². The molecule has 148 valence electrons. The van der Waals surface area contributed by atoms with Crippen LogP contribution < -0.4 is 20.1 Å². The van der Waals surface area contributed by atoms with Crippen LogP contribution in [0.2, 0.25) is 0 Å². The van der Waals surface area contributed by atoms with E-state index in [1.165, 1.54) is 18.4 Å². The van der Waals surface area contributed by atoms with Crippen molar-refractivity contribution in [1.82, 2.24) is 10.6 Å². The van der Waals surface area contributed by atoms with E-state index in [0.717, 1.165) is 37.4 Å². The molecule has 1 aromatic rings. The number of carbonyl (C=O) groups excluding carboxylic acids is 1. The summed E-state index contributed by atoms with van der Waals surface area (Å²) in [5.74, 6) is 2.82. The summed E-state index contributed by atoms with van der Waals surface area (Å²) < 4.78 is 10.6. The van der Waals surface area contributed by atoms with Gasteiger partial charge in [0.15, 0.2) is 11.5 Å². The Morgan fingerprint density at radius 3 is 2.58 bits per heavy atom. The highest BCUT2D eigenvalue weighted by Gasteiger charge is 2.21. The molecular weight excluding hydrogens is 352 g/mol. The van der Waals surface area contributed by atoms with Crippen LogP contribution in [0.3, 0.4) is 0 Å². The maximum absolute atomic E-state index is 12.1. The Balaban J connectivity index is 0.00000338. The summed E-state index contributed by atoms with van der Waals surface area (Å²) in [6.45, 7) is 5.09. The minimum Gasteiger partial charge on any atom is -0.493 e. The molecule has 0 aliphatic carbocycles. The Morgan fingerprint density at radius 2 is 1.92 bits per heavy atom. The van der Waals surface area contributed by atoms with Gasteiger partial charge in [0.1, 0.15) is 0 Å². The summed E-state index contributed by atoms with van der Waals surface area (Å²) in [5, 5.41) is 6.44. The average molecular weight is 385 g/mol. The molecule has 0 bridgehead atoms. The number of hydrogen-bond donors (Lipinski definition) is 2. The van der Waals surface area contributed by atoms with E-state index in [1.54, 1.807) is 14.2 Å². The van der Waals surface area contributed by atoms with Crippen LogP contribution in [0.1, 0.15) is 38.2 Å². The monoisotopic (exact) mass is 384 g/mol. The van der Waals surface area contributed by atoms with E-state index in [1.807, 2.05) is 18.2 Å². The number of rotatable bonds is 9. The quantitative estimate of drug-likeness (QED) is 0.642. The predicted octanol–water partition coefficient (Wildman–Crippen LogP) is 3.20. The van der Waals surface area contributed by atoms with Crippen LogP contribution in [0.15, 0.2) is 18.2 Å². The van der Waals surface area contributed by atoms with Gasteiger partial charge in [0.05, 0.1) is 14.2 Å². The van der Waals surface area contributed by atoms with E-state index in [4.69, 9.17) is 9.47 Å². The van der Waals surface area contributed by atoms with E-state index in [-0.39, 0.29) is 18.3 Å². The third-order valence-corrected chi connectivity index (χ3v) is 5.11. The fourth-order valence-electron chi connectivity index (χ4n) is 3.50. The Bertz CT molecular complexity index is 548. The molecule has 0 saturated carbocycles. The van der Waals surface area contributed by atoms with Crippen molar-refractivity contribution >= 4 is 18.3 Å². The number of aryl methyl sites for hydroxylation is 1. The van der Waals surface area contributed by atoms with Gasteiger partial charge in [-0.3, -0.25) is 4.79 Å². The second-order valence-corrected chi connectivity index (χ2v) is 6.91. The zero-order valence-corrected chi connectivity index (χ0v) is 17.0. The van der Waals surface area contributed by atoms with Crippen LogP contribution in [-0.4, -0.2) is 39.8 Å². The fraction of sp³-hybridized carbons (Fsp3) is 0.650. The predicted molar refractivity (Wildman–Crippen MR) is 107 cm³/mol. The molecule has 1 aliphatic rings. The van der Waals surface area contributed by atoms with Crippen molar-refractivity contribution in [1.29, 1.82) is 0 Å². The molecule has 1 aliphatic heterocycles. The highest BCUT2D eigenvalue weighted by molar-refractivity contribution is 5.85. The number of ether oxygens (including phenoxy) is 2. The molecule has 2 rings (SSSR count). The highest BCUT2D eigenvalue weighted by atomic mass is 35.5. The first-order valence-electron chi connectivity index (χ1n) is 9.32. The number of methoxy groups -OCH3 is 2.